The minimum absolute atomic E-state index is 0.0110. The van der Waals surface area contributed by atoms with Gasteiger partial charge in [-0.25, -0.2) is 0 Å². The summed E-state index contributed by atoms with van der Waals surface area (Å²) in [5.74, 6) is 1.22. The molecule has 0 saturated heterocycles. The van der Waals surface area contributed by atoms with Crippen LogP contribution in [0.3, 0.4) is 0 Å². The number of benzene rings is 1. The molecule has 4 aromatic rings. The predicted octanol–water partition coefficient (Wildman–Crippen LogP) is 3.54. The van der Waals surface area contributed by atoms with Crippen LogP contribution in [0.5, 0.6) is 0 Å². The maximum Gasteiger partial charge on any atom is 0.272 e. The van der Waals surface area contributed by atoms with Gasteiger partial charge in [0.1, 0.15) is 10.5 Å². The number of rotatable bonds is 9. The lowest BCUT2D eigenvalue weighted by Crippen LogP contribution is -2.24. The summed E-state index contributed by atoms with van der Waals surface area (Å²) in [5.41, 5.74) is 1.87. The number of thiophene rings is 1. The second kappa shape index (κ2) is 9.21. The zero-order valence-corrected chi connectivity index (χ0v) is 17.8. The van der Waals surface area contributed by atoms with Gasteiger partial charge in [0.2, 0.25) is 11.7 Å². The fraction of sp³-hybridized carbons (Fsp3) is 0.364. The molecular formula is C22H25N5O2S. The van der Waals surface area contributed by atoms with Crippen LogP contribution in [0.4, 0.5) is 0 Å². The molecule has 156 valence electrons. The number of hydrogen-bond acceptors (Lipinski definition) is 5. The molecule has 1 amide bonds. The van der Waals surface area contributed by atoms with Crippen LogP contribution in [-0.4, -0.2) is 25.1 Å². The maximum absolute atomic E-state index is 12.9. The van der Waals surface area contributed by atoms with Crippen LogP contribution in [-0.2, 0) is 24.3 Å². The van der Waals surface area contributed by atoms with Gasteiger partial charge in [-0.1, -0.05) is 50.1 Å². The summed E-state index contributed by atoms with van der Waals surface area (Å²) < 4.78 is 4.36. The normalized spacial score (nSPS) is 11.4. The van der Waals surface area contributed by atoms with E-state index >= 15 is 0 Å². The van der Waals surface area contributed by atoms with Crippen LogP contribution in [0, 0.1) is 0 Å². The van der Waals surface area contributed by atoms with Crippen LogP contribution in [0.2, 0.25) is 0 Å². The minimum Gasteiger partial charge on any atom is -0.352 e. The van der Waals surface area contributed by atoms with Crippen LogP contribution in [0.25, 0.3) is 16.0 Å². The van der Waals surface area contributed by atoms with Crippen molar-refractivity contribution in [3.05, 3.63) is 63.5 Å². The van der Waals surface area contributed by atoms with Gasteiger partial charge in [-0.05, 0) is 23.4 Å². The smallest absolute Gasteiger partial charge is 0.272 e. The summed E-state index contributed by atoms with van der Waals surface area (Å²) in [7, 11) is 0. The Morgan fingerprint density at radius 3 is 2.77 bits per heavy atom. The molecular weight excluding hydrogens is 398 g/mol. The number of aryl methyl sites for hydroxylation is 2. The maximum atomic E-state index is 12.9. The molecule has 0 bridgehead atoms. The van der Waals surface area contributed by atoms with Gasteiger partial charge in [0.25, 0.3) is 5.56 Å². The van der Waals surface area contributed by atoms with Crippen molar-refractivity contribution < 1.29 is 4.79 Å². The van der Waals surface area contributed by atoms with E-state index in [0.29, 0.717) is 42.2 Å². The summed E-state index contributed by atoms with van der Waals surface area (Å²) in [5, 5.41) is 13.5. The predicted molar refractivity (Wildman–Crippen MR) is 119 cm³/mol. The SMILES string of the molecule is CCCCCn1c(=O)c2sccc2n2c(CCC(=O)NCc3ccccc3)nnc12. The first kappa shape index (κ1) is 20.3. The number of nitrogens with zero attached hydrogens (tertiary/aromatic N) is 4. The molecule has 0 aliphatic carbocycles. The Hall–Kier alpha value is -3.00. The van der Waals surface area contributed by atoms with Crippen molar-refractivity contribution in [3.63, 3.8) is 0 Å². The van der Waals surface area contributed by atoms with Crippen molar-refractivity contribution in [2.75, 3.05) is 0 Å². The summed E-state index contributed by atoms with van der Waals surface area (Å²) >= 11 is 1.44. The Bertz CT molecular complexity index is 1210. The Morgan fingerprint density at radius 1 is 1.13 bits per heavy atom. The third-order valence-electron chi connectivity index (χ3n) is 5.17. The first-order valence-corrected chi connectivity index (χ1v) is 11.2. The topological polar surface area (TPSA) is 81.3 Å². The van der Waals surface area contributed by atoms with E-state index in [2.05, 4.69) is 22.4 Å². The van der Waals surface area contributed by atoms with E-state index in [1.807, 2.05) is 46.2 Å². The molecule has 7 nitrogen and oxygen atoms in total. The van der Waals surface area contributed by atoms with E-state index in [-0.39, 0.29) is 11.5 Å². The molecule has 0 fully saturated rings. The number of carbonyl (C=O) groups excluding carboxylic acids is 1. The molecule has 0 spiro atoms. The number of aromatic nitrogens is 4. The van der Waals surface area contributed by atoms with E-state index < -0.39 is 0 Å². The van der Waals surface area contributed by atoms with Crippen LogP contribution >= 0.6 is 11.3 Å². The van der Waals surface area contributed by atoms with Crippen LogP contribution < -0.4 is 10.9 Å². The Labute approximate surface area is 178 Å². The van der Waals surface area contributed by atoms with Gasteiger partial charge in [-0.2, -0.15) is 0 Å². The Morgan fingerprint density at radius 2 is 1.97 bits per heavy atom. The first-order valence-electron chi connectivity index (χ1n) is 10.3. The third-order valence-corrected chi connectivity index (χ3v) is 6.06. The number of nitrogens with one attached hydrogen (secondary N) is 1. The van der Waals surface area contributed by atoms with Crippen molar-refractivity contribution in [2.24, 2.45) is 0 Å². The lowest BCUT2D eigenvalue weighted by molar-refractivity contribution is -0.121. The zero-order valence-electron chi connectivity index (χ0n) is 17.0. The highest BCUT2D eigenvalue weighted by Crippen LogP contribution is 2.20. The van der Waals surface area contributed by atoms with Gasteiger partial charge in [0.05, 0.1) is 5.52 Å². The quantitative estimate of drug-likeness (QED) is 0.418. The molecule has 0 unspecified atom stereocenters. The van der Waals surface area contributed by atoms with Gasteiger partial charge >= 0.3 is 0 Å². The Kier molecular flexibility index (Phi) is 6.23. The molecule has 4 rings (SSSR count). The summed E-state index contributed by atoms with van der Waals surface area (Å²) in [4.78, 5) is 25.3. The largest absolute Gasteiger partial charge is 0.352 e. The van der Waals surface area contributed by atoms with E-state index in [1.54, 1.807) is 4.57 Å². The van der Waals surface area contributed by atoms with Gasteiger partial charge in [0, 0.05) is 25.9 Å². The molecule has 8 heteroatoms. The van der Waals surface area contributed by atoms with Crippen molar-refractivity contribution in [1.29, 1.82) is 0 Å². The molecule has 1 N–H and O–H groups in total. The van der Waals surface area contributed by atoms with E-state index in [9.17, 15) is 9.59 Å². The molecule has 0 saturated carbocycles. The fourth-order valence-corrected chi connectivity index (χ4v) is 4.40. The van der Waals surface area contributed by atoms with E-state index in [0.717, 1.165) is 30.3 Å². The summed E-state index contributed by atoms with van der Waals surface area (Å²) in [6, 6.07) is 11.8. The minimum atomic E-state index is -0.0339. The summed E-state index contributed by atoms with van der Waals surface area (Å²) in [6.45, 7) is 3.27. The molecule has 0 aliphatic heterocycles. The highest BCUT2D eigenvalue weighted by Gasteiger charge is 2.17. The van der Waals surface area contributed by atoms with E-state index in [4.69, 9.17) is 0 Å². The van der Waals surface area contributed by atoms with Crippen molar-refractivity contribution >= 4 is 33.2 Å². The molecule has 3 heterocycles. The molecule has 30 heavy (non-hydrogen) atoms. The number of unbranched alkanes of at least 4 members (excludes halogenated alkanes) is 2. The first-order chi connectivity index (χ1) is 14.7. The molecule has 3 aromatic heterocycles. The second-order valence-electron chi connectivity index (χ2n) is 7.31. The zero-order chi connectivity index (χ0) is 20.9. The standard InChI is InChI=1S/C22H25N5O2S/c1-2-3-7-13-26-21(29)20-17(12-14-30-20)27-18(24-25-22(26)27)10-11-19(28)23-15-16-8-5-4-6-9-16/h4-6,8-9,12,14H,2-3,7,10-11,13,15H2,1H3,(H,23,28). The number of carbonyl (C=O) groups is 1. The van der Waals surface area contributed by atoms with E-state index in [1.165, 1.54) is 11.3 Å². The monoisotopic (exact) mass is 423 g/mol. The van der Waals surface area contributed by atoms with Gasteiger partial charge in [0.15, 0.2) is 0 Å². The highest BCUT2D eigenvalue weighted by atomic mass is 32.1. The van der Waals surface area contributed by atoms with Crippen molar-refractivity contribution in [2.45, 2.75) is 52.1 Å². The van der Waals surface area contributed by atoms with Crippen LogP contribution in [0.1, 0.15) is 44.0 Å². The molecule has 0 radical (unpaired) electrons. The number of amides is 1. The molecule has 0 aliphatic rings. The molecule has 1 aromatic carbocycles. The Balaban J connectivity index is 1.54. The average molecular weight is 424 g/mol. The average Bonchev–Trinajstić information content (AvgIpc) is 3.41. The lowest BCUT2D eigenvalue weighted by atomic mass is 10.2. The van der Waals surface area contributed by atoms with Crippen molar-refractivity contribution in [3.8, 4) is 0 Å². The van der Waals surface area contributed by atoms with Crippen LogP contribution in [0.15, 0.2) is 46.6 Å². The number of hydrogen-bond donors (Lipinski definition) is 1. The second-order valence-corrected chi connectivity index (χ2v) is 8.23. The van der Waals surface area contributed by atoms with Crippen molar-refractivity contribution in [1.82, 2.24) is 24.5 Å². The lowest BCUT2D eigenvalue weighted by Gasteiger charge is -2.09. The van der Waals surface area contributed by atoms with Gasteiger partial charge < -0.3 is 5.32 Å². The third kappa shape index (κ3) is 4.14. The molecule has 0 atom stereocenters. The fourth-order valence-electron chi connectivity index (χ4n) is 3.57. The summed E-state index contributed by atoms with van der Waals surface area (Å²) in [6.07, 6.45) is 3.84. The van der Waals surface area contributed by atoms with Gasteiger partial charge in [-0.15, -0.1) is 21.5 Å². The van der Waals surface area contributed by atoms with Gasteiger partial charge in [-0.3, -0.25) is 18.6 Å². The highest BCUT2D eigenvalue weighted by molar-refractivity contribution is 7.17. The number of fused-ring (bicyclic) bond motifs is 3.